The number of benzene rings is 1. The number of anilines is 1. The lowest BCUT2D eigenvalue weighted by Gasteiger charge is -2.23. The van der Waals surface area contributed by atoms with Crippen molar-refractivity contribution in [2.75, 3.05) is 24.5 Å². The number of hydrogen-bond donors (Lipinski definition) is 0. The van der Waals surface area contributed by atoms with Gasteiger partial charge in [-0.2, -0.15) is 0 Å². The van der Waals surface area contributed by atoms with E-state index in [-0.39, 0.29) is 24.4 Å². The Balaban J connectivity index is 1.60. The van der Waals surface area contributed by atoms with Crippen LogP contribution < -0.4 is 4.90 Å². The Morgan fingerprint density at radius 3 is 2.60 bits per heavy atom. The third kappa shape index (κ3) is 2.57. The number of carbonyl (C=O) groups excluding carboxylic acids is 3. The van der Waals surface area contributed by atoms with Crippen molar-refractivity contribution < 1.29 is 18.8 Å². The molecule has 0 bridgehead atoms. The van der Waals surface area contributed by atoms with Gasteiger partial charge in [0.1, 0.15) is 12.3 Å². The first-order chi connectivity index (χ1) is 12.2. The highest BCUT2D eigenvalue weighted by atomic mass is 16.3. The van der Waals surface area contributed by atoms with E-state index < -0.39 is 6.04 Å². The molecule has 2 fully saturated rings. The van der Waals surface area contributed by atoms with E-state index in [1.54, 1.807) is 40.1 Å². The molecule has 25 heavy (non-hydrogen) atoms. The van der Waals surface area contributed by atoms with Crippen LogP contribution in [0.3, 0.4) is 0 Å². The van der Waals surface area contributed by atoms with Crippen LogP contribution in [-0.2, 0) is 4.79 Å². The largest absolute Gasteiger partial charge is 0.472 e. The summed E-state index contributed by atoms with van der Waals surface area (Å²) in [6.45, 7) is 1.15. The molecule has 0 radical (unpaired) electrons. The predicted octanol–water partition coefficient (Wildman–Crippen LogP) is 1.96. The standard InChI is InChI=1S/C18H17N3O4/c22-16(13-7-10-25-12-13)19-8-4-9-20-15(11-19)17(23)21(18(20)24)14-5-2-1-3-6-14/h1-3,5-7,10,12,15H,4,8-9,11H2. The number of amides is 4. The van der Waals surface area contributed by atoms with Gasteiger partial charge in [-0.15, -0.1) is 0 Å². The van der Waals surface area contributed by atoms with Crippen molar-refractivity contribution in [2.45, 2.75) is 12.5 Å². The summed E-state index contributed by atoms with van der Waals surface area (Å²) >= 11 is 0. The molecule has 3 heterocycles. The number of imide groups is 1. The lowest BCUT2D eigenvalue weighted by atomic mass is 10.2. The van der Waals surface area contributed by atoms with Crippen LogP contribution in [0.4, 0.5) is 10.5 Å². The second kappa shape index (κ2) is 6.08. The average Bonchev–Trinajstić information content (AvgIpc) is 3.16. The zero-order chi connectivity index (χ0) is 17.4. The molecule has 7 nitrogen and oxygen atoms in total. The van der Waals surface area contributed by atoms with Gasteiger partial charge in [-0.25, -0.2) is 9.69 Å². The van der Waals surface area contributed by atoms with E-state index in [1.807, 2.05) is 6.07 Å². The number of fused-ring (bicyclic) bond motifs is 1. The molecule has 2 aromatic rings. The van der Waals surface area contributed by atoms with Crippen LogP contribution in [0.5, 0.6) is 0 Å². The van der Waals surface area contributed by atoms with E-state index in [4.69, 9.17) is 4.42 Å². The molecule has 1 atom stereocenters. The van der Waals surface area contributed by atoms with Gasteiger partial charge < -0.3 is 14.2 Å². The maximum atomic E-state index is 12.9. The van der Waals surface area contributed by atoms with Crippen LogP contribution in [0, 0.1) is 0 Å². The summed E-state index contributed by atoms with van der Waals surface area (Å²) in [6.07, 6.45) is 3.46. The van der Waals surface area contributed by atoms with Gasteiger partial charge in [0.2, 0.25) is 0 Å². The van der Waals surface area contributed by atoms with Gasteiger partial charge >= 0.3 is 6.03 Å². The van der Waals surface area contributed by atoms with Crippen molar-refractivity contribution >= 4 is 23.5 Å². The van der Waals surface area contributed by atoms with E-state index in [1.165, 1.54) is 17.4 Å². The maximum Gasteiger partial charge on any atom is 0.332 e. The minimum atomic E-state index is -0.647. The fourth-order valence-corrected chi connectivity index (χ4v) is 3.37. The van der Waals surface area contributed by atoms with Crippen molar-refractivity contribution in [1.82, 2.24) is 9.80 Å². The van der Waals surface area contributed by atoms with Gasteiger partial charge in [-0.3, -0.25) is 9.59 Å². The molecule has 2 saturated heterocycles. The molecule has 0 aliphatic carbocycles. The van der Waals surface area contributed by atoms with Gasteiger partial charge in [0.25, 0.3) is 11.8 Å². The topological polar surface area (TPSA) is 74.1 Å². The average molecular weight is 339 g/mol. The summed E-state index contributed by atoms with van der Waals surface area (Å²) in [5.41, 5.74) is 1.00. The van der Waals surface area contributed by atoms with Crippen molar-refractivity contribution in [1.29, 1.82) is 0 Å². The summed E-state index contributed by atoms with van der Waals surface area (Å²) in [5.74, 6) is -0.475. The number of nitrogens with zero attached hydrogens (tertiary/aromatic N) is 3. The van der Waals surface area contributed by atoms with Crippen LogP contribution in [-0.4, -0.2) is 53.3 Å². The smallest absolute Gasteiger partial charge is 0.332 e. The molecule has 128 valence electrons. The van der Waals surface area contributed by atoms with E-state index in [0.29, 0.717) is 30.8 Å². The highest BCUT2D eigenvalue weighted by Crippen LogP contribution is 2.27. The zero-order valence-electron chi connectivity index (χ0n) is 13.5. The van der Waals surface area contributed by atoms with Gasteiger partial charge in [-0.1, -0.05) is 18.2 Å². The fraction of sp³-hybridized carbons (Fsp3) is 0.278. The molecule has 4 rings (SSSR count). The minimum absolute atomic E-state index is 0.186. The highest BCUT2D eigenvalue weighted by Gasteiger charge is 2.47. The lowest BCUT2D eigenvalue weighted by Crippen LogP contribution is -2.43. The Bertz CT molecular complexity index is 803. The molecular formula is C18H17N3O4. The quantitative estimate of drug-likeness (QED) is 0.784. The Morgan fingerprint density at radius 1 is 1.08 bits per heavy atom. The fourth-order valence-electron chi connectivity index (χ4n) is 3.37. The molecular weight excluding hydrogens is 322 g/mol. The SMILES string of the molecule is O=C(c1ccoc1)N1CCCN2C(=O)N(c3ccccc3)C(=O)C2C1. The summed E-state index contributed by atoms with van der Waals surface area (Å²) in [6, 6.07) is 9.50. The van der Waals surface area contributed by atoms with Gasteiger partial charge in [0.15, 0.2) is 0 Å². The lowest BCUT2D eigenvalue weighted by molar-refractivity contribution is -0.119. The van der Waals surface area contributed by atoms with E-state index in [9.17, 15) is 14.4 Å². The molecule has 2 aliphatic rings. The Morgan fingerprint density at radius 2 is 1.88 bits per heavy atom. The van der Waals surface area contributed by atoms with Gasteiger partial charge in [-0.05, 0) is 24.6 Å². The number of hydrogen-bond acceptors (Lipinski definition) is 4. The number of furan rings is 1. The van der Waals surface area contributed by atoms with Crippen molar-refractivity contribution in [2.24, 2.45) is 0 Å². The Labute approximate surface area is 144 Å². The molecule has 7 heteroatoms. The third-order valence-corrected chi connectivity index (χ3v) is 4.61. The van der Waals surface area contributed by atoms with Gasteiger partial charge in [0.05, 0.1) is 24.1 Å². The summed E-state index contributed by atoms with van der Waals surface area (Å²) in [4.78, 5) is 42.6. The van der Waals surface area contributed by atoms with Gasteiger partial charge in [0, 0.05) is 13.1 Å². The third-order valence-electron chi connectivity index (χ3n) is 4.61. The second-order valence-corrected chi connectivity index (χ2v) is 6.12. The molecule has 0 N–H and O–H groups in total. The Kier molecular flexibility index (Phi) is 3.76. The molecule has 4 amide bonds. The monoisotopic (exact) mass is 339 g/mol. The summed E-state index contributed by atoms with van der Waals surface area (Å²) < 4.78 is 4.97. The Hall–Kier alpha value is -3.09. The summed E-state index contributed by atoms with van der Waals surface area (Å²) in [7, 11) is 0. The second-order valence-electron chi connectivity index (χ2n) is 6.12. The predicted molar refractivity (Wildman–Crippen MR) is 89.0 cm³/mol. The molecule has 1 aromatic carbocycles. The summed E-state index contributed by atoms with van der Waals surface area (Å²) in [5, 5.41) is 0. The van der Waals surface area contributed by atoms with E-state index in [0.717, 1.165) is 0 Å². The van der Waals surface area contributed by atoms with E-state index in [2.05, 4.69) is 0 Å². The molecule has 2 aliphatic heterocycles. The maximum absolute atomic E-state index is 12.9. The normalized spacial score (nSPS) is 20.6. The minimum Gasteiger partial charge on any atom is -0.472 e. The first-order valence-corrected chi connectivity index (χ1v) is 8.18. The highest BCUT2D eigenvalue weighted by molar-refractivity contribution is 6.21. The van der Waals surface area contributed by atoms with Crippen LogP contribution in [0.25, 0.3) is 0 Å². The molecule has 1 unspecified atom stereocenters. The van der Waals surface area contributed by atoms with Crippen molar-refractivity contribution in [3.63, 3.8) is 0 Å². The first-order valence-electron chi connectivity index (χ1n) is 8.18. The number of para-hydroxylation sites is 1. The van der Waals surface area contributed by atoms with Crippen LogP contribution in [0.15, 0.2) is 53.3 Å². The van der Waals surface area contributed by atoms with Crippen LogP contribution in [0.2, 0.25) is 0 Å². The van der Waals surface area contributed by atoms with Crippen molar-refractivity contribution in [3.8, 4) is 0 Å². The zero-order valence-corrected chi connectivity index (χ0v) is 13.5. The molecule has 0 saturated carbocycles. The number of rotatable bonds is 2. The number of carbonyl (C=O) groups is 3. The molecule has 0 spiro atoms. The van der Waals surface area contributed by atoms with Crippen molar-refractivity contribution in [3.05, 3.63) is 54.5 Å². The van der Waals surface area contributed by atoms with Crippen LogP contribution in [0.1, 0.15) is 16.8 Å². The number of urea groups is 1. The van der Waals surface area contributed by atoms with Crippen LogP contribution >= 0.6 is 0 Å². The first kappa shape index (κ1) is 15.4. The van der Waals surface area contributed by atoms with E-state index >= 15 is 0 Å². The molecule has 1 aromatic heterocycles.